The Hall–Kier alpha value is -1.58. The minimum absolute atomic E-state index is 0.0180. The van der Waals surface area contributed by atoms with Crippen LogP contribution in [-0.2, 0) is 19.1 Å². The van der Waals surface area contributed by atoms with Crippen LogP contribution in [0.5, 0.6) is 0 Å². The highest BCUT2D eigenvalue weighted by atomic mass is 16.5. The zero-order valence-electron chi connectivity index (χ0n) is 18.7. The molecule has 4 nitrogen and oxygen atoms in total. The van der Waals surface area contributed by atoms with Gasteiger partial charge in [-0.05, 0) is 55.8 Å². The highest BCUT2D eigenvalue weighted by molar-refractivity contribution is 5.66. The molecule has 0 amide bonds. The maximum Gasteiger partial charge on any atom is 0.302 e. The maximum atomic E-state index is 11.8. The number of esters is 2. The zero-order chi connectivity index (χ0) is 21.0. The van der Waals surface area contributed by atoms with Crippen LogP contribution < -0.4 is 0 Å². The first-order valence-corrected chi connectivity index (χ1v) is 11.3. The van der Waals surface area contributed by atoms with Gasteiger partial charge in [-0.15, -0.1) is 0 Å². The van der Waals surface area contributed by atoms with Crippen molar-refractivity contribution in [3.05, 3.63) is 23.3 Å². The Morgan fingerprint density at radius 2 is 1.72 bits per heavy atom. The van der Waals surface area contributed by atoms with Crippen LogP contribution in [0.3, 0.4) is 0 Å². The van der Waals surface area contributed by atoms with Crippen molar-refractivity contribution in [1.82, 2.24) is 0 Å². The molecule has 1 unspecified atom stereocenters. The van der Waals surface area contributed by atoms with E-state index in [0.717, 1.165) is 32.1 Å². The van der Waals surface area contributed by atoms with Crippen molar-refractivity contribution in [3.63, 3.8) is 0 Å². The standard InChI is InChI=1S/C25H36O4/c1-16(26)28-15-25-13-6-12-23(3,4)21(25)9-7-18-19-8-10-22(29-17(2)27)24(19,5)14-11-20(18)25/h7,9,19-20,22H,6,8,10-15H2,1-5H3/t19-,20-,22?,24+,25-/m0/s1. The summed E-state index contributed by atoms with van der Waals surface area (Å²) >= 11 is 0. The molecule has 0 aliphatic heterocycles. The van der Waals surface area contributed by atoms with E-state index in [-0.39, 0.29) is 34.3 Å². The number of ether oxygens (including phenoxy) is 2. The molecule has 0 N–H and O–H groups in total. The molecule has 3 saturated carbocycles. The summed E-state index contributed by atoms with van der Waals surface area (Å²) in [7, 11) is 0. The lowest BCUT2D eigenvalue weighted by Crippen LogP contribution is -2.52. The molecule has 160 valence electrons. The third kappa shape index (κ3) is 3.18. The molecule has 4 rings (SSSR count). The first-order valence-electron chi connectivity index (χ1n) is 11.3. The van der Waals surface area contributed by atoms with Crippen LogP contribution in [0.4, 0.5) is 0 Å². The number of allylic oxidation sites excluding steroid dienone is 3. The highest BCUT2D eigenvalue weighted by Gasteiger charge is 2.60. The minimum atomic E-state index is -0.186. The van der Waals surface area contributed by atoms with Crippen LogP contribution in [0.15, 0.2) is 23.3 Å². The van der Waals surface area contributed by atoms with Gasteiger partial charge < -0.3 is 9.47 Å². The second kappa shape index (κ2) is 6.99. The van der Waals surface area contributed by atoms with E-state index < -0.39 is 0 Å². The first-order chi connectivity index (χ1) is 13.6. The normalized spacial score (nSPS) is 40.0. The zero-order valence-corrected chi connectivity index (χ0v) is 18.7. The lowest BCUT2D eigenvalue weighted by molar-refractivity contribution is -0.153. The van der Waals surface area contributed by atoms with Crippen LogP contribution in [0.25, 0.3) is 0 Å². The summed E-state index contributed by atoms with van der Waals surface area (Å²) in [6.45, 7) is 10.5. The van der Waals surface area contributed by atoms with Gasteiger partial charge in [-0.3, -0.25) is 9.59 Å². The molecule has 0 bridgehead atoms. The molecule has 0 aromatic rings. The Labute approximate surface area is 175 Å². The van der Waals surface area contributed by atoms with Gasteiger partial charge in [0.05, 0.1) is 0 Å². The van der Waals surface area contributed by atoms with Crippen LogP contribution in [0.1, 0.15) is 79.6 Å². The summed E-state index contributed by atoms with van der Waals surface area (Å²) in [5, 5.41) is 0. The molecule has 0 saturated heterocycles. The second-order valence-electron chi connectivity index (χ2n) is 10.7. The number of carbonyl (C=O) groups is 2. The Morgan fingerprint density at radius 3 is 2.41 bits per heavy atom. The van der Waals surface area contributed by atoms with Gasteiger partial charge in [0.15, 0.2) is 0 Å². The molecule has 0 spiro atoms. The molecule has 4 aliphatic rings. The van der Waals surface area contributed by atoms with E-state index >= 15 is 0 Å². The number of hydrogen-bond donors (Lipinski definition) is 0. The Kier molecular flexibility index (Phi) is 4.99. The van der Waals surface area contributed by atoms with E-state index in [1.54, 1.807) is 0 Å². The van der Waals surface area contributed by atoms with E-state index in [2.05, 4.69) is 32.9 Å². The number of rotatable bonds is 3. The summed E-state index contributed by atoms with van der Waals surface area (Å²) in [5.74, 6) is 0.520. The van der Waals surface area contributed by atoms with Crippen molar-refractivity contribution >= 4 is 11.9 Å². The van der Waals surface area contributed by atoms with Crippen LogP contribution >= 0.6 is 0 Å². The van der Waals surface area contributed by atoms with Crippen molar-refractivity contribution in [2.45, 2.75) is 85.7 Å². The fraction of sp³-hybridized carbons (Fsp3) is 0.760. The predicted octanol–water partition coefficient (Wildman–Crippen LogP) is 5.37. The molecule has 3 fully saturated rings. The molecule has 29 heavy (non-hydrogen) atoms. The van der Waals surface area contributed by atoms with E-state index in [0.29, 0.717) is 18.4 Å². The number of fused-ring (bicyclic) bond motifs is 5. The Morgan fingerprint density at radius 1 is 0.966 bits per heavy atom. The molecule has 4 aliphatic carbocycles. The molecule has 5 atom stereocenters. The monoisotopic (exact) mass is 400 g/mol. The van der Waals surface area contributed by atoms with Gasteiger partial charge >= 0.3 is 11.9 Å². The SMILES string of the molecule is CC(=O)OC[C@]12CCCC(C)(C)C1=CC=C1[C@@H]2CC[C@@]2(C)C(OC(C)=O)CC[C@@H]12. The lowest BCUT2D eigenvalue weighted by atomic mass is 9.47. The van der Waals surface area contributed by atoms with Crippen molar-refractivity contribution in [3.8, 4) is 0 Å². The number of carbonyl (C=O) groups excluding carboxylic acids is 2. The average Bonchev–Trinajstić information content (AvgIpc) is 2.95. The van der Waals surface area contributed by atoms with Gasteiger partial charge in [-0.25, -0.2) is 0 Å². The summed E-state index contributed by atoms with van der Waals surface area (Å²) in [6.07, 6.45) is 12.4. The third-order valence-electron chi connectivity index (χ3n) is 8.67. The Balaban J connectivity index is 1.73. The van der Waals surface area contributed by atoms with E-state index in [4.69, 9.17) is 9.47 Å². The highest BCUT2D eigenvalue weighted by Crippen LogP contribution is 2.66. The topological polar surface area (TPSA) is 52.6 Å². The van der Waals surface area contributed by atoms with Crippen LogP contribution in [0, 0.1) is 28.1 Å². The summed E-state index contributed by atoms with van der Waals surface area (Å²) in [6, 6.07) is 0. The lowest BCUT2D eigenvalue weighted by Gasteiger charge is -2.57. The average molecular weight is 401 g/mol. The number of hydrogen-bond acceptors (Lipinski definition) is 4. The fourth-order valence-corrected chi connectivity index (χ4v) is 7.37. The molecule has 4 heteroatoms. The summed E-state index contributed by atoms with van der Waals surface area (Å²) < 4.78 is 11.5. The predicted molar refractivity (Wildman–Crippen MR) is 112 cm³/mol. The van der Waals surface area contributed by atoms with Crippen molar-refractivity contribution in [2.75, 3.05) is 6.61 Å². The quantitative estimate of drug-likeness (QED) is 0.598. The molecule has 0 aromatic heterocycles. The first kappa shape index (κ1) is 20.7. The largest absolute Gasteiger partial charge is 0.465 e. The van der Waals surface area contributed by atoms with Crippen molar-refractivity contribution in [2.24, 2.45) is 28.1 Å². The molecule has 0 heterocycles. The molecular weight excluding hydrogens is 364 g/mol. The van der Waals surface area contributed by atoms with Gasteiger partial charge in [0.2, 0.25) is 0 Å². The Bertz CT molecular complexity index is 776. The molecule has 0 aromatic carbocycles. The smallest absolute Gasteiger partial charge is 0.302 e. The summed E-state index contributed by atoms with van der Waals surface area (Å²) in [5.41, 5.74) is 3.08. The second-order valence-corrected chi connectivity index (χ2v) is 10.7. The van der Waals surface area contributed by atoms with Crippen molar-refractivity contribution in [1.29, 1.82) is 0 Å². The van der Waals surface area contributed by atoms with Gasteiger partial charge in [0.25, 0.3) is 0 Å². The van der Waals surface area contributed by atoms with Crippen LogP contribution in [0.2, 0.25) is 0 Å². The van der Waals surface area contributed by atoms with E-state index in [1.807, 2.05) is 0 Å². The van der Waals surface area contributed by atoms with E-state index in [1.165, 1.54) is 37.8 Å². The van der Waals surface area contributed by atoms with Gasteiger partial charge in [0, 0.05) is 24.7 Å². The van der Waals surface area contributed by atoms with Gasteiger partial charge in [-0.2, -0.15) is 0 Å². The van der Waals surface area contributed by atoms with Crippen LogP contribution in [-0.4, -0.2) is 24.6 Å². The fourth-order valence-electron chi connectivity index (χ4n) is 7.37. The van der Waals surface area contributed by atoms with Gasteiger partial charge in [0.1, 0.15) is 12.7 Å². The van der Waals surface area contributed by atoms with Crippen molar-refractivity contribution < 1.29 is 19.1 Å². The maximum absolute atomic E-state index is 11.8. The molecule has 0 radical (unpaired) electrons. The minimum Gasteiger partial charge on any atom is -0.465 e. The molecular formula is C25H36O4. The summed E-state index contributed by atoms with van der Waals surface area (Å²) in [4.78, 5) is 23.4. The third-order valence-corrected chi connectivity index (χ3v) is 8.67. The van der Waals surface area contributed by atoms with Gasteiger partial charge in [-0.1, -0.05) is 50.5 Å². The van der Waals surface area contributed by atoms with E-state index in [9.17, 15) is 9.59 Å².